The van der Waals surface area contributed by atoms with E-state index in [1.807, 2.05) is 19.9 Å². The number of hydrogen-bond acceptors (Lipinski definition) is 3. The Balaban J connectivity index is 2.51. The van der Waals surface area contributed by atoms with Crippen LogP contribution in [0.5, 0.6) is 0 Å². The molecule has 0 aliphatic rings. The highest BCUT2D eigenvalue weighted by atomic mass is 35.5. The first-order chi connectivity index (χ1) is 8.56. The second-order valence-electron chi connectivity index (χ2n) is 4.18. The van der Waals surface area contributed by atoms with Crippen LogP contribution < -0.4 is 10.6 Å². The summed E-state index contributed by atoms with van der Waals surface area (Å²) < 4.78 is 0. The fraction of sp³-hybridized carbons (Fsp3) is 0.462. The van der Waals surface area contributed by atoms with Gasteiger partial charge in [-0.2, -0.15) is 0 Å². The number of anilines is 1. The van der Waals surface area contributed by atoms with Gasteiger partial charge in [0.15, 0.2) is 0 Å². The molecule has 5 heteroatoms. The summed E-state index contributed by atoms with van der Waals surface area (Å²) in [5.41, 5.74) is 1.67. The van der Waals surface area contributed by atoms with E-state index in [4.69, 9.17) is 16.7 Å². The number of amides is 1. The molecule has 0 unspecified atom stereocenters. The van der Waals surface area contributed by atoms with Crippen LogP contribution in [0.15, 0.2) is 18.2 Å². The van der Waals surface area contributed by atoms with Crippen LogP contribution in [-0.4, -0.2) is 30.2 Å². The molecule has 0 saturated carbocycles. The maximum Gasteiger partial charge on any atom is 0.238 e. The van der Waals surface area contributed by atoms with Crippen LogP contribution in [0.1, 0.15) is 18.9 Å². The monoisotopic (exact) mass is 270 g/mol. The van der Waals surface area contributed by atoms with Crippen molar-refractivity contribution in [1.82, 2.24) is 5.32 Å². The number of benzene rings is 1. The third-order valence-corrected chi connectivity index (χ3v) is 2.97. The Kier molecular flexibility index (Phi) is 6.12. The average molecular weight is 271 g/mol. The Morgan fingerprint density at radius 2 is 2.22 bits per heavy atom. The zero-order valence-electron chi connectivity index (χ0n) is 10.7. The Hall–Kier alpha value is -1.10. The van der Waals surface area contributed by atoms with Crippen LogP contribution in [-0.2, 0) is 4.79 Å². The molecule has 0 fully saturated rings. The fourth-order valence-electron chi connectivity index (χ4n) is 1.50. The quantitative estimate of drug-likeness (QED) is 0.740. The summed E-state index contributed by atoms with van der Waals surface area (Å²) in [5.74, 6) is -0.146. The van der Waals surface area contributed by atoms with Gasteiger partial charge in [-0.15, -0.1) is 0 Å². The van der Waals surface area contributed by atoms with Crippen molar-refractivity contribution in [3.05, 3.63) is 28.8 Å². The van der Waals surface area contributed by atoms with Crippen molar-refractivity contribution in [3.63, 3.8) is 0 Å². The van der Waals surface area contributed by atoms with Crippen molar-refractivity contribution >= 4 is 23.2 Å². The average Bonchev–Trinajstić information content (AvgIpc) is 2.35. The van der Waals surface area contributed by atoms with E-state index in [1.54, 1.807) is 12.1 Å². The minimum absolute atomic E-state index is 0.0278. The predicted octanol–water partition coefficient (Wildman–Crippen LogP) is 1.95. The third-order valence-electron chi connectivity index (χ3n) is 2.74. The van der Waals surface area contributed by atoms with E-state index in [9.17, 15) is 4.79 Å². The van der Waals surface area contributed by atoms with Gasteiger partial charge in [0.1, 0.15) is 0 Å². The number of nitrogens with one attached hydrogen (secondary N) is 2. The molecular weight excluding hydrogens is 252 g/mol. The number of aliphatic hydroxyl groups excluding tert-OH is 1. The lowest BCUT2D eigenvalue weighted by Gasteiger charge is -2.14. The smallest absolute Gasteiger partial charge is 0.238 e. The number of carbonyl (C=O) groups is 1. The molecule has 1 rings (SSSR count). The lowest BCUT2D eigenvalue weighted by molar-refractivity contribution is -0.115. The Labute approximate surface area is 112 Å². The molecule has 100 valence electrons. The van der Waals surface area contributed by atoms with E-state index in [0.717, 1.165) is 12.0 Å². The first-order valence-corrected chi connectivity index (χ1v) is 6.34. The van der Waals surface area contributed by atoms with Gasteiger partial charge in [0.2, 0.25) is 5.91 Å². The first kappa shape index (κ1) is 15.0. The van der Waals surface area contributed by atoms with Gasteiger partial charge in [-0.1, -0.05) is 24.6 Å². The molecule has 0 heterocycles. The maximum absolute atomic E-state index is 11.7. The van der Waals surface area contributed by atoms with E-state index in [0.29, 0.717) is 10.7 Å². The molecular formula is C13H19ClN2O2. The molecule has 1 aromatic carbocycles. The van der Waals surface area contributed by atoms with Gasteiger partial charge in [-0.25, -0.2) is 0 Å². The van der Waals surface area contributed by atoms with Crippen LogP contribution in [0.2, 0.25) is 5.02 Å². The number of aryl methyl sites for hydroxylation is 1. The molecule has 1 amide bonds. The number of carbonyl (C=O) groups excluding carboxylic acids is 1. The summed E-state index contributed by atoms with van der Waals surface area (Å²) in [6.07, 6.45) is 0.778. The van der Waals surface area contributed by atoms with Crippen LogP contribution in [0.3, 0.4) is 0 Å². The van der Waals surface area contributed by atoms with Crippen molar-refractivity contribution in [2.24, 2.45) is 0 Å². The molecule has 0 spiro atoms. The van der Waals surface area contributed by atoms with Gasteiger partial charge in [-0.3, -0.25) is 4.79 Å². The van der Waals surface area contributed by atoms with Gasteiger partial charge < -0.3 is 15.7 Å². The highest BCUT2D eigenvalue weighted by Crippen LogP contribution is 2.19. The van der Waals surface area contributed by atoms with E-state index < -0.39 is 0 Å². The van der Waals surface area contributed by atoms with E-state index in [2.05, 4.69) is 10.6 Å². The summed E-state index contributed by atoms with van der Waals surface area (Å²) in [5, 5.41) is 15.4. The zero-order valence-corrected chi connectivity index (χ0v) is 11.4. The second kappa shape index (κ2) is 7.36. The maximum atomic E-state index is 11.7. The normalized spacial score (nSPS) is 12.2. The van der Waals surface area contributed by atoms with Crippen molar-refractivity contribution in [1.29, 1.82) is 0 Å². The van der Waals surface area contributed by atoms with Gasteiger partial charge >= 0.3 is 0 Å². The largest absolute Gasteiger partial charge is 0.395 e. The molecule has 0 bridgehead atoms. The fourth-order valence-corrected chi connectivity index (χ4v) is 1.67. The molecule has 1 atom stereocenters. The SMILES string of the molecule is CC[C@H](CO)NCC(=O)Nc1cc(Cl)ccc1C. The third kappa shape index (κ3) is 4.64. The number of halogens is 1. The zero-order chi connectivity index (χ0) is 13.5. The van der Waals surface area contributed by atoms with E-state index in [1.165, 1.54) is 0 Å². The molecule has 18 heavy (non-hydrogen) atoms. The molecule has 0 saturated heterocycles. The predicted molar refractivity (Wildman–Crippen MR) is 74.0 cm³/mol. The van der Waals surface area contributed by atoms with Crippen LogP contribution in [0, 0.1) is 6.92 Å². The minimum Gasteiger partial charge on any atom is -0.395 e. The lowest BCUT2D eigenvalue weighted by atomic mass is 10.2. The molecule has 0 radical (unpaired) electrons. The molecule has 0 aliphatic heterocycles. The van der Waals surface area contributed by atoms with Gasteiger partial charge in [0.05, 0.1) is 13.2 Å². The topological polar surface area (TPSA) is 61.4 Å². The molecule has 4 nitrogen and oxygen atoms in total. The standard InChI is InChI=1S/C13H19ClN2O2/c1-3-11(8-17)15-7-13(18)16-12-6-10(14)5-4-9(12)2/h4-6,11,15,17H,3,7-8H2,1-2H3,(H,16,18)/t11-/m1/s1. The Morgan fingerprint density at radius 1 is 1.50 bits per heavy atom. The van der Waals surface area contributed by atoms with Crippen molar-refractivity contribution in [2.75, 3.05) is 18.5 Å². The summed E-state index contributed by atoms with van der Waals surface area (Å²) in [6.45, 7) is 4.06. The van der Waals surface area contributed by atoms with E-state index >= 15 is 0 Å². The Morgan fingerprint density at radius 3 is 2.83 bits per heavy atom. The highest BCUT2D eigenvalue weighted by Gasteiger charge is 2.08. The summed E-state index contributed by atoms with van der Waals surface area (Å²) in [7, 11) is 0. The van der Waals surface area contributed by atoms with Crippen molar-refractivity contribution in [2.45, 2.75) is 26.3 Å². The number of hydrogen-bond donors (Lipinski definition) is 3. The van der Waals surface area contributed by atoms with Crippen LogP contribution in [0.4, 0.5) is 5.69 Å². The first-order valence-electron chi connectivity index (χ1n) is 5.97. The second-order valence-corrected chi connectivity index (χ2v) is 4.61. The molecule has 0 aromatic heterocycles. The van der Waals surface area contributed by atoms with Gasteiger partial charge in [-0.05, 0) is 31.0 Å². The molecule has 0 aliphatic carbocycles. The summed E-state index contributed by atoms with van der Waals surface area (Å²) in [4.78, 5) is 11.7. The van der Waals surface area contributed by atoms with E-state index in [-0.39, 0.29) is 25.1 Å². The summed E-state index contributed by atoms with van der Waals surface area (Å²) >= 11 is 5.87. The number of rotatable bonds is 6. The summed E-state index contributed by atoms with van der Waals surface area (Å²) in [6, 6.07) is 5.31. The van der Waals surface area contributed by atoms with Gasteiger partial charge in [0, 0.05) is 16.8 Å². The minimum atomic E-state index is -0.146. The van der Waals surface area contributed by atoms with Gasteiger partial charge in [0.25, 0.3) is 0 Å². The van der Waals surface area contributed by atoms with Crippen LogP contribution >= 0.6 is 11.6 Å². The lowest BCUT2D eigenvalue weighted by Crippen LogP contribution is -2.38. The van der Waals surface area contributed by atoms with Crippen LogP contribution in [0.25, 0.3) is 0 Å². The molecule has 3 N–H and O–H groups in total. The Bertz CT molecular complexity index is 406. The highest BCUT2D eigenvalue weighted by molar-refractivity contribution is 6.31. The van der Waals surface area contributed by atoms with Crippen molar-refractivity contribution < 1.29 is 9.90 Å². The number of aliphatic hydroxyl groups is 1. The molecule has 1 aromatic rings. The van der Waals surface area contributed by atoms with Crippen molar-refractivity contribution in [3.8, 4) is 0 Å².